The van der Waals surface area contributed by atoms with E-state index in [-0.39, 0.29) is 4.87 Å². The average Bonchev–Trinajstić information content (AvgIpc) is 2.52. The smallest absolute Gasteiger partial charge is 0.305 e. The molecule has 0 amide bonds. The molecule has 2 rings (SSSR count). The zero-order valence-electron chi connectivity index (χ0n) is 6.78. The van der Waals surface area contributed by atoms with Gasteiger partial charge < -0.3 is 10.7 Å². The number of aromatic nitrogens is 1. The fourth-order valence-electron chi connectivity index (χ4n) is 1.12. The third-order valence-electron chi connectivity index (χ3n) is 1.69. The van der Waals surface area contributed by atoms with Crippen molar-refractivity contribution in [2.24, 2.45) is 0 Å². The number of hydrogen-bond donors (Lipinski definition) is 2. The quantitative estimate of drug-likeness (QED) is 0.675. The minimum Gasteiger partial charge on any atom is -0.399 e. The second kappa shape index (κ2) is 3.06. The Kier molecular flexibility index (Phi) is 1.90. The highest BCUT2D eigenvalue weighted by molar-refractivity contribution is 7.12. The van der Waals surface area contributed by atoms with Gasteiger partial charge in [-0.05, 0) is 17.7 Å². The summed E-state index contributed by atoms with van der Waals surface area (Å²) in [6, 6.07) is 7.46. The number of benzene rings is 1. The fraction of sp³-hybridized carbons (Fsp3) is 0. The number of thiazole rings is 1. The van der Waals surface area contributed by atoms with Crippen LogP contribution in [0.3, 0.4) is 0 Å². The summed E-state index contributed by atoms with van der Waals surface area (Å²) in [5, 5.41) is 0. The van der Waals surface area contributed by atoms with Crippen LogP contribution in [0.4, 0.5) is 5.69 Å². The molecule has 0 aliphatic heterocycles. The highest BCUT2D eigenvalue weighted by atomic mass is 32.1. The largest absolute Gasteiger partial charge is 0.399 e. The Morgan fingerprint density at radius 2 is 2.23 bits per heavy atom. The van der Waals surface area contributed by atoms with Gasteiger partial charge in [0, 0.05) is 11.9 Å². The molecular formula is C9H8N2OS. The number of H-pyrrole nitrogens is 1. The van der Waals surface area contributed by atoms with E-state index in [2.05, 4.69) is 4.98 Å². The van der Waals surface area contributed by atoms with Crippen molar-refractivity contribution in [2.45, 2.75) is 0 Å². The van der Waals surface area contributed by atoms with Crippen molar-refractivity contribution >= 4 is 17.0 Å². The van der Waals surface area contributed by atoms with Crippen LogP contribution < -0.4 is 10.6 Å². The third-order valence-corrected chi connectivity index (χ3v) is 2.57. The second-order valence-electron chi connectivity index (χ2n) is 2.67. The molecule has 1 aromatic heterocycles. The zero-order chi connectivity index (χ0) is 9.26. The summed E-state index contributed by atoms with van der Waals surface area (Å²) in [7, 11) is 0. The summed E-state index contributed by atoms with van der Waals surface area (Å²) in [4.78, 5) is 14.4. The van der Waals surface area contributed by atoms with Crippen molar-refractivity contribution in [1.82, 2.24) is 4.98 Å². The van der Waals surface area contributed by atoms with Gasteiger partial charge in [0.1, 0.15) is 0 Å². The maximum atomic E-state index is 10.9. The number of hydrogen-bond acceptors (Lipinski definition) is 3. The molecule has 0 aliphatic rings. The lowest BCUT2D eigenvalue weighted by Crippen LogP contribution is -1.88. The van der Waals surface area contributed by atoms with Gasteiger partial charge in [-0.3, -0.25) is 4.79 Å². The van der Waals surface area contributed by atoms with Gasteiger partial charge in [0.05, 0.1) is 4.88 Å². The number of anilines is 1. The second-order valence-corrected chi connectivity index (χ2v) is 3.68. The van der Waals surface area contributed by atoms with Gasteiger partial charge in [0.15, 0.2) is 0 Å². The minimum absolute atomic E-state index is 0.0441. The Morgan fingerprint density at radius 3 is 2.85 bits per heavy atom. The average molecular weight is 192 g/mol. The molecule has 0 aliphatic carbocycles. The predicted molar refractivity (Wildman–Crippen MR) is 54.8 cm³/mol. The van der Waals surface area contributed by atoms with E-state index in [1.807, 2.05) is 24.3 Å². The molecule has 0 fully saturated rings. The fourth-order valence-corrected chi connectivity index (χ4v) is 1.80. The lowest BCUT2D eigenvalue weighted by atomic mass is 10.2. The standard InChI is InChI=1S/C9H8N2OS/c10-7-3-1-2-6(4-7)8-5-11-9(12)13-8/h1-5H,10H2,(H,11,12). The van der Waals surface area contributed by atoms with Crippen LogP contribution in [-0.4, -0.2) is 4.98 Å². The molecule has 4 heteroatoms. The molecule has 0 atom stereocenters. The monoisotopic (exact) mass is 192 g/mol. The molecule has 0 saturated heterocycles. The van der Waals surface area contributed by atoms with Crippen LogP contribution in [0, 0.1) is 0 Å². The van der Waals surface area contributed by atoms with Crippen LogP contribution in [0.2, 0.25) is 0 Å². The van der Waals surface area contributed by atoms with Crippen LogP contribution in [-0.2, 0) is 0 Å². The van der Waals surface area contributed by atoms with Crippen LogP contribution in [0.15, 0.2) is 35.3 Å². The maximum Gasteiger partial charge on any atom is 0.305 e. The lowest BCUT2D eigenvalue weighted by Gasteiger charge is -1.96. The highest BCUT2D eigenvalue weighted by Crippen LogP contribution is 2.22. The van der Waals surface area contributed by atoms with Crippen LogP contribution in [0.1, 0.15) is 0 Å². The van der Waals surface area contributed by atoms with Crippen LogP contribution in [0.5, 0.6) is 0 Å². The molecule has 13 heavy (non-hydrogen) atoms. The molecule has 0 unspecified atom stereocenters. The minimum atomic E-state index is -0.0441. The first-order valence-corrected chi connectivity index (χ1v) is 4.62. The molecule has 66 valence electrons. The lowest BCUT2D eigenvalue weighted by molar-refractivity contribution is 1.34. The summed E-state index contributed by atoms with van der Waals surface area (Å²) >= 11 is 1.18. The number of nitrogens with one attached hydrogen (secondary N) is 1. The van der Waals surface area contributed by atoms with E-state index in [4.69, 9.17) is 5.73 Å². The molecule has 1 aromatic carbocycles. The third kappa shape index (κ3) is 1.62. The van der Waals surface area contributed by atoms with Gasteiger partial charge in [-0.1, -0.05) is 23.5 Å². The van der Waals surface area contributed by atoms with Gasteiger partial charge in [-0.15, -0.1) is 0 Å². The van der Waals surface area contributed by atoms with Crippen molar-refractivity contribution in [3.63, 3.8) is 0 Å². The molecule has 0 saturated carbocycles. The van der Waals surface area contributed by atoms with Crippen molar-refractivity contribution < 1.29 is 0 Å². The molecular weight excluding hydrogens is 184 g/mol. The van der Waals surface area contributed by atoms with E-state index in [9.17, 15) is 4.79 Å². The SMILES string of the molecule is Nc1cccc(-c2c[nH]c(=O)s2)c1. The van der Waals surface area contributed by atoms with E-state index in [1.54, 1.807) is 6.20 Å². The van der Waals surface area contributed by atoms with Gasteiger partial charge in [0.25, 0.3) is 0 Å². The van der Waals surface area contributed by atoms with Crippen molar-refractivity contribution in [3.8, 4) is 10.4 Å². The first-order valence-electron chi connectivity index (χ1n) is 3.80. The summed E-state index contributed by atoms with van der Waals surface area (Å²) < 4.78 is 0. The van der Waals surface area contributed by atoms with E-state index in [0.717, 1.165) is 10.4 Å². The molecule has 1 heterocycles. The molecule has 0 spiro atoms. The summed E-state index contributed by atoms with van der Waals surface area (Å²) in [6.45, 7) is 0. The van der Waals surface area contributed by atoms with Crippen LogP contribution >= 0.6 is 11.3 Å². The molecule has 2 aromatic rings. The van der Waals surface area contributed by atoms with E-state index in [1.165, 1.54) is 11.3 Å². The Labute approximate surface area is 78.8 Å². The zero-order valence-corrected chi connectivity index (χ0v) is 7.60. The summed E-state index contributed by atoms with van der Waals surface area (Å²) in [5.41, 5.74) is 7.30. The van der Waals surface area contributed by atoms with E-state index >= 15 is 0 Å². The normalized spacial score (nSPS) is 10.2. The van der Waals surface area contributed by atoms with Crippen molar-refractivity contribution in [2.75, 3.05) is 5.73 Å². The van der Waals surface area contributed by atoms with Crippen molar-refractivity contribution in [3.05, 3.63) is 40.1 Å². The maximum absolute atomic E-state index is 10.9. The van der Waals surface area contributed by atoms with E-state index < -0.39 is 0 Å². The first kappa shape index (κ1) is 8.07. The summed E-state index contributed by atoms with van der Waals surface area (Å²) in [5.74, 6) is 0. The molecule has 3 nitrogen and oxygen atoms in total. The molecule has 3 N–H and O–H groups in total. The number of nitrogens with two attached hydrogens (primary N) is 1. The highest BCUT2D eigenvalue weighted by Gasteiger charge is 2.00. The number of aromatic amines is 1. The van der Waals surface area contributed by atoms with Gasteiger partial charge in [-0.2, -0.15) is 0 Å². The van der Waals surface area contributed by atoms with Gasteiger partial charge in [-0.25, -0.2) is 0 Å². The number of nitrogen functional groups attached to an aromatic ring is 1. The summed E-state index contributed by atoms with van der Waals surface area (Å²) in [6.07, 6.45) is 1.70. The Bertz CT molecular complexity index is 472. The van der Waals surface area contributed by atoms with Gasteiger partial charge >= 0.3 is 4.87 Å². The van der Waals surface area contributed by atoms with Crippen LogP contribution in [0.25, 0.3) is 10.4 Å². The van der Waals surface area contributed by atoms with E-state index in [0.29, 0.717) is 5.69 Å². The molecule has 0 bridgehead atoms. The Hall–Kier alpha value is -1.55. The number of rotatable bonds is 1. The first-order chi connectivity index (χ1) is 6.25. The topological polar surface area (TPSA) is 58.9 Å². The Morgan fingerprint density at radius 1 is 1.38 bits per heavy atom. The predicted octanol–water partition coefficient (Wildman–Crippen LogP) is 1.69. The molecule has 0 radical (unpaired) electrons. The Balaban J connectivity index is 2.52. The van der Waals surface area contributed by atoms with Crippen molar-refractivity contribution in [1.29, 1.82) is 0 Å². The van der Waals surface area contributed by atoms with Gasteiger partial charge in [0.2, 0.25) is 0 Å².